The zero-order valence-corrected chi connectivity index (χ0v) is 11.3. The molecule has 5 heteroatoms. The molecule has 104 valence electrons. The minimum Gasteiger partial charge on any atom is -0.324 e. The first-order valence-corrected chi connectivity index (χ1v) is 6.16. The predicted molar refractivity (Wildman–Crippen MR) is 78.1 cm³/mol. The van der Waals surface area contributed by atoms with Gasteiger partial charge >= 0.3 is 0 Å². The third kappa shape index (κ3) is 2.95. The molecule has 0 saturated carbocycles. The number of halogens is 1. The number of hydrogen-bond donors (Lipinski definition) is 3. The summed E-state index contributed by atoms with van der Waals surface area (Å²) in [6.07, 6.45) is 0. The molecule has 0 aliphatic carbocycles. The summed E-state index contributed by atoms with van der Waals surface area (Å²) < 4.78 is 13.6. The van der Waals surface area contributed by atoms with E-state index in [2.05, 4.69) is 10.7 Å². The quantitative estimate of drug-likeness (QED) is 0.595. The number of hydrogen-bond acceptors (Lipinski definition) is 3. The average Bonchev–Trinajstić information content (AvgIpc) is 2.42. The summed E-state index contributed by atoms with van der Waals surface area (Å²) in [5.74, 6) is 4.52. The molecule has 0 atom stereocenters. The van der Waals surface area contributed by atoms with Crippen molar-refractivity contribution in [1.29, 1.82) is 0 Å². The van der Waals surface area contributed by atoms with Gasteiger partial charge < -0.3 is 10.7 Å². The van der Waals surface area contributed by atoms with Crippen molar-refractivity contribution in [3.05, 3.63) is 58.9 Å². The summed E-state index contributed by atoms with van der Waals surface area (Å²) in [7, 11) is 0. The molecule has 0 radical (unpaired) electrons. The van der Waals surface area contributed by atoms with Gasteiger partial charge in [-0.3, -0.25) is 10.6 Å². The smallest absolute Gasteiger partial charge is 0.255 e. The molecular weight excluding hydrogens is 257 g/mol. The van der Waals surface area contributed by atoms with Gasteiger partial charge in [-0.25, -0.2) is 4.39 Å². The minimum absolute atomic E-state index is 0.175. The van der Waals surface area contributed by atoms with Gasteiger partial charge in [-0.15, -0.1) is 0 Å². The number of benzene rings is 2. The number of carbonyl (C=O) groups is 1. The highest BCUT2D eigenvalue weighted by molar-refractivity contribution is 6.04. The van der Waals surface area contributed by atoms with E-state index in [0.717, 1.165) is 16.8 Å². The molecule has 4 N–H and O–H groups in total. The maximum Gasteiger partial charge on any atom is 0.255 e. The number of nitrogens with one attached hydrogen (secondary N) is 2. The van der Waals surface area contributed by atoms with E-state index in [4.69, 9.17) is 5.84 Å². The van der Waals surface area contributed by atoms with Gasteiger partial charge in [-0.05, 0) is 55.3 Å². The Morgan fingerprint density at radius 1 is 1.10 bits per heavy atom. The highest BCUT2D eigenvalue weighted by atomic mass is 19.1. The van der Waals surface area contributed by atoms with E-state index in [1.807, 2.05) is 13.8 Å². The number of amides is 1. The van der Waals surface area contributed by atoms with E-state index in [0.29, 0.717) is 5.56 Å². The monoisotopic (exact) mass is 273 g/mol. The first kappa shape index (κ1) is 14.0. The fraction of sp³-hybridized carbons (Fsp3) is 0.133. The Labute approximate surface area is 116 Å². The second-order valence-electron chi connectivity index (χ2n) is 4.61. The first-order valence-electron chi connectivity index (χ1n) is 6.16. The Hall–Kier alpha value is -2.40. The fourth-order valence-electron chi connectivity index (χ4n) is 1.90. The van der Waals surface area contributed by atoms with E-state index in [1.165, 1.54) is 6.07 Å². The van der Waals surface area contributed by atoms with Crippen molar-refractivity contribution in [3.63, 3.8) is 0 Å². The van der Waals surface area contributed by atoms with Crippen LogP contribution in [0.1, 0.15) is 21.5 Å². The second-order valence-corrected chi connectivity index (χ2v) is 4.61. The van der Waals surface area contributed by atoms with Gasteiger partial charge in [0.05, 0.1) is 11.4 Å². The number of rotatable bonds is 3. The maximum atomic E-state index is 13.6. The standard InChI is InChI=1S/C15H16FN3O/c1-9-3-5-12(16)14(7-9)18-15(20)11-4-6-13(19-17)10(2)8-11/h3-8,19H,17H2,1-2H3,(H,18,20). The lowest BCUT2D eigenvalue weighted by atomic mass is 10.1. The Kier molecular flexibility index (Phi) is 4.00. The molecule has 0 spiro atoms. The molecule has 2 aromatic rings. The zero-order chi connectivity index (χ0) is 14.7. The SMILES string of the molecule is Cc1ccc(F)c(NC(=O)c2ccc(NN)c(C)c2)c1. The molecular formula is C15H16FN3O. The van der Waals surface area contributed by atoms with Crippen LogP contribution in [-0.4, -0.2) is 5.91 Å². The topological polar surface area (TPSA) is 67.2 Å². The van der Waals surface area contributed by atoms with Crippen LogP contribution in [0.2, 0.25) is 0 Å². The van der Waals surface area contributed by atoms with Crippen LogP contribution in [0.25, 0.3) is 0 Å². The van der Waals surface area contributed by atoms with Gasteiger partial charge in [0, 0.05) is 5.56 Å². The van der Waals surface area contributed by atoms with E-state index >= 15 is 0 Å². The third-order valence-corrected chi connectivity index (χ3v) is 3.01. The predicted octanol–water partition coefficient (Wildman–Crippen LogP) is 2.98. The average molecular weight is 273 g/mol. The van der Waals surface area contributed by atoms with E-state index in [9.17, 15) is 9.18 Å². The molecule has 20 heavy (non-hydrogen) atoms. The summed E-state index contributed by atoms with van der Waals surface area (Å²) in [5.41, 5.74) is 5.61. The van der Waals surface area contributed by atoms with Crippen LogP contribution in [0.15, 0.2) is 36.4 Å². The van der Waals surface area contributed by atoms with Crippen molar-refractivity contribution in [1.82, 2.24) is 0 Å². The molecule has 0 aliphatic rings. The van der Waals surface area contributed by atoms with Crippen LogP contribution in [0, 0.1) is 19.7 Å². The van der Waals surface area contributed by atoms with Crippen LogP contribution < -0.4 is 16.6 Å². The van der Waals surface area contributed by atoms with Crippen molar-refractivity contribution < 1.29 is 9.18 Å². The Morgan fingerprint density at radius 3 is 2.50 bits per heavy atom. The lowest BCUT2D eigenvalue weighted by molar-refractivity contribution is 0.102. The molecule has 0 saturated heterocycles. The number of anilines is 2. The molecule has 0 aromatic heterocycles. The molecule has 1 amide bonds. The summed E-state index contributed by atoms with van der Waals surface area (Å²) in [5, 5.41) is 2.57. The minimum atomic E-state index is -0.457. The summed E-state index contributed by atoms with van der Waals surface area (Å²) in [6.45, 7) is 3.67. The Bertz CT molecular complexity index is 656. The Balaban J connectivity index is 2.24. The van der Waals surface area contributed by atoms with Crippen molar-refractivity contribution in [2.75, 3.05) is 10.7 Å². The van der Waals surface area contributed by atoms with Crippen molar-refractivity contribution in [2.45, 2.75) is 13.8 Å². The number of nitrogens with two attached hydrogens (primary N) is 1. The molecule has 2 aromatic carbocycles. The summed E-state index contributed by atoms with van der Waals surface area (Å²) in [6, 6.07) is 9.60. The van der Waals surface area contributed by atoms with Gasteiger partial charge in [0.2, 0.25) is 0 Å². The highest BCUT2D eigenvalue weighted by Gasteiger charge is 2.10. The molecule has 4 nitrogen and oxygen atoms in total. The molecule has 0 fully saturated rings. The number of hydrazine groups is 1. The van der Waals surface area contributed by atoms with Crippen LogP contribution in [0.3, 0.4) is 0 Å². The van der Waals surface area contributed by atoms with E-state index < -0.39 is 5.82 Å². The normalized spacial score (nSPS) is 10.2. The number of carbonyl (C=O) groups excluding carboxylic acids is 1. The Morgan fingerprint density at radius 2 is 1.85 bits per heavy atom. The van der Waals surface area contributed by atoms with Crippen molar-refractivity contribution in [3.8, 4) is 0 Å². The fourth-order valence-corrected chi connectivity index (χ4v) is 1.90. The van der Waals surface area contributed by atoms with Gasteiger partial charge in [0.1, 0.15) is 5.82 Å². The third-order valence-electron chi connectivity index (χ3n) is 3.01. The maximum absolute atomic E-state index is 13.6. The lowest BCUT2D eigenvalue weighted by Crippen LogP contribution is -2.14. The summed E-state index contributed by atoms with van der Waals surface area (Å²) in [4.78, 5) is 12.1. The lowest BCUT2D eigenvalue weighted by Gasteiger charge is -2.10. The molecule has 0 heterocycles. The second kappa shape index (κ2) is 5.71. The van der Waals surface area contributed by atoms with Crippen LogP contribution >= 0.6 is 0 Å². The highest BCUT2D eigenvalue weighted by Crippen LogP contribution is 2.19. The molecule has 2 rings (SSSR count). The van der Waals surface area contributed by atoms with Crippen molar-refractivity contribution in [2.24, 2.45) is 5.84 Å². The van der Waals surface area contributed by atoms with Gasteiger partial charge in [0.25, 0.3) is 5.91 Å². The van der Waals surface area contributed by atoms with E-state index in [1.54, 1.807) is 30.3 Å². The van der Waals surface area contributed by atoms with Crippen LogP contribution in [-0.2, 0) is 0 Å². The molecule has 0 bridgehead atoms. The van der Waals surface area contributed by atoms with Crippen LogP contribution in [0.4, 0.5) is 15.8 Å². The molecule has 0 unspecified atom stereocenters. The molecule has 0 aliphatic heterocycles. The van der Waals surface area contributed by atoms with E-state index in [-0.39, 0.29) is 11.6 Å². The largest absolute Gasteiger partial charge is 0.324 e. The van der Waals surface area contributed by atoms with Crippen LogP contribution in [0.5, 0.6) is 0 Å². The number of nitrogen functional groups attached to an aromatic ring is 1. The van der Waals surface area contributed by atoms with Gasteiger partial charge in [-0.2, -0.15) is 0 Å². The van der Waals surface area contributed by atoms with Gasteiger partial charge in [-0.1, -0.05) is 6.07 Å². The van der Waals surface area contributed by atoms with Crippen molar-refractivity contribution >= 4 is 17.3 Å². The first-order chi connectivity index (χ1) is 9.51. The number of aryl methyl sites for hydroxylation is 2. The zero-order valence-electron chi connectivity index (χ0n) is 11.3. The van der Waals surface area contributed by atoms with Gasteiger partial charge in [0.15, 0.2) is 0 Å². The summed E-state index contributed by atoms with van der Waals surface area (Å²) >= 11 is 0.